The molecule has 236 valence electrons. The van der Waals surface area contributed by atoms with Crippen LogP contribution in [0.2, 0.25) is 0 Å². The zero-order chi connectivity index (χ0) is 31.4. The third kappa shape index (κ3) is 4.67. The summed E-state index contributed by atoms with van der Waals surface area (Å²) >= 11 is 0. The van der Waals surface area contributed by atoms with Crippen LogP contribution in [0.3, 0.4) is 0 Å². The molecule has 0 radical (unpaired) electrons. The number of hydrogen-bond acceptors (Lipinski definition) is 2. The Balaban J connectivity index is 0.00000338. The van der Waals surface area contributed by atoms with Crippen LogP contribution in [-0.2, 0) is 31.9 Å². The summed E-state index contributed by atoms with van der Waals surface area (Å²) in [7, 11) is 2.29. The fourth-order valence-electron chi connectivity index (χ4n) is 7.19. The van der Waals surface area contributed by atoms with Gasteiger partial charge >= 0.3 is 0 Å². The quantitative estimate of drug-likeness (QED) is 0.132. The molecule has 0 aliphatic carbocycles. The maximum atomic E-state index is 6.53. The molecule has 9 rings (SSSR count). The molecular formula is C40H39N4OPt-. The van der Waals surface area contributed by atoms with Crippen molar-refractivity contribution in [2.45, 2.75) is 52.4 Å². The van der Waals surface area contributed by atoms with Gasteiger partial charge in [0.25, 0.3) is 0 Å². The van der Waals surface area contributed by atoms with Crippen molar-refractivity contribution in [3.63, 3.8) is 0 Å². The van der Waals surface area contributed by atoms with Gasteiger partial charge in [-0.25, -0.2) is 4.98 Å². The smallest absolute Gasteiger partial charge is 0.179 e. The van der Waals surface area contributed by atoms with Crippen LogP contribution < -0.4 is 13.7 Å². The van der Waals surface area contributed by atoms with E-state index >= 15 is 0 Å². The second kappa shape index (κ2) is 10.4. The number of ether oxygens (including phenoxy) is 1. The van der Waals surface area contributed by atoms with Crippen molar-refractivity contribution >= 4 is 38.9 Å². The Morgan fingerprint density at radius 3 is 2.24 bits per heavy atom. The van der Waals surface area contributed by atoms with Crippen LogP contribution in [0.15, 0.2) is 91.1 Å². The molecule has 0 amide bonds. The number of benzene rings is 4. The van der Waals surface area contributed by atoms with Crippen molar-refractivity contribution in [2.24, 2.45) is 0 Å². The number of aromatic nitrogens is 2. The van der Waals surface area contributed by atoms with Crippen LogP contribution >= 0.6 is 0 Å². The first-order valence-corrected chi connectivity index (χ1v) is 15.7. The summed E-state index contributed by atoms with van der Waals surface area (Å²) in [6.45, 7) is 16.9. The standard InChI is InChI=1S/C40H39N4O.Pt/c1-39(2,3)27-15-18-36-37(21-27)44(25-43(36,7)26-44)29-11-10-12-30(23-29)45-31-16-17-33-32-13-8-9-14-34(32)42(35(33)24-31)38-22-28(19-20-41-38)40(4,5)6;/h8-22,25H,26H2,1-7H3;/q-1;/t43-,44+;/m0./s1. The Morgan fingerprint density at radius 1 is 0.761 bits per heavy atom. The number of para-hydroxylation sites is 1. The Kier molecular flexibility index (Phi) is 6.96. The van der Waals surface area contributed by atoms with Gasteiger partial charge in [-0.2, -0.15) is 12.1 Å². The molecule has 46 heavy (non-hydrogen) atoms. The van der Waals surface area contributed by atoms with Gasteiger partial charge in [-0.3, -0.25) is 0 Å². The van der Waals surface area contributed by atoms with E-state index in [1.165, 1.54) is 27.9 Å². The van der Waals surface area contributed by atoms with E-state index in [1.807, 2.05) is 18.3 Å². The Labute approximate surface area is 286 Å². The zero-order valence-corrected chi connectivity index (χ0v) is 29.7. The molecule has 3 aliphatic heterocycles. The van der Waals surface area contributed by atoms with E-state index in [4.69, 9.17) is 9.72 Å². The van der Waals surface area contributed by atoms with Crippen molar-refractivity contribution in [1.29, 1.82) is 0 Å². The van der Waals surface area contributed by atoms with E-state index in [9.17, 15) is 0 Å². The van der Waals surface area contributed by atoms with Gasteiger partial charge in [0.2, 0.25) is 0 Å². The maximum absolute atomic E-state index is 6.53. The van der Waals surface area contributed by atoms with E-state index in [1.54, 1.807) is 0 Å². The average molecular weight is 787 g/mol. The van der Waals surface area contributed by atoms with Gasteiger partial charge in [0.1, 0.15) is 5.82 Å². The van der Waals surface area contributed by atoms with Crippen molar-refractivity contribution in [1.82, 2.24) is 18.5 Å². The van der Waals surface area contributed by atoms with Gasteiger partial charge in [0, 0.05) is 62.1 Å². The van der Waals surface area contributed by atoms with Gasteiger partial charge in [-0.1, -0.05) is 77.4 Å². The summed E-state index contributed by atoms with van der Waals surface area (Å²) in [6.07, 6.45) is 1.90. The molecule has 5 nitrogen and oxygen atoms in total. The van der Waals surface area contributed by atoms with E-state index in [2.05, 4.69) is 145 Å². The third-order valence-corrected chi connectivity index (χ3v) is 9.59. The molecule has 0 spiro atoms. The minimum absolute atomic E-state index is 0. The van der Waals surface area contributed by atoms with Crippen LogP contribution in [0, 0.1) is 18.8 Å². The molecule has 1 saturated heterocycles. The average Bonchev–Trinajstić information content (AvgIpc) is 3.55. The van der Waals surface area contributed by atoms with E-state index in [0.717, 1.165) is 39.1 Å². The Bertz CT molecular complexity index is 2140. The molecular weight excluding hydrogens is 748 g/mol. The van der Waals surface area contributed by atoms with Gasteiger partial charge in [0.05, 0.1) is 13.7 Å². The second-order valence-corrected chi connectivity index (χ2v) is 14.9. The monoisotopic (exact) mass is 786 g/mol. The fourth-order valence-corrected chi connectivity index (χ4v) is 7.19. The van der Waals surface area contributed by atoms with E-state index in [0.29, 0.717) is 16.0 Å². The second-order valence-electron chi connectivity index (χ2n) is 14.9. The minimum atomic E-state index is 0. The minimum Gasteiger partial charge on any atom is -0.509 e. The summed E-state index contributed by atoms with van der Waals surface area (Å²) in [5, 5.41) is 2.28. The molecule has 2 aromatic heterocycles. The number of quaternary nitrogens is 2. The van der Waals surface area contributed by atoms with Crippen LogP contribution in [-0.4, -0.2) is 23.3 Å². The topological polar surface area (TPSA) is 27.1 Å². The van der Waals surface area contributed by atoms with Crippen LogP contribution in [0.25, 0.3) is 27.6 Å². The molecule has 0 unspecified atom stereocenters. The predicted molar refractivity (Wildman–Crippen MR) is 185 cm³/mol. The number of hydrogen-bond donors (Lipinski definition) is 0. The van der Waals surface area contributed by atoms with Gasteiger partial charge in [-0.15, -0.1) is 29.7 Å². The van der Waals surface area contributed by atoms with Crippen molar-refractivity contribution < 1.29 is 25.8 Å². The molecule has 1 fully saturated rings. The number of nitrogens with zero attached hydrogens (tertiary/aromatic N) is 4. The number of rotatable bonds is 4. The van der Waals surface area contributed by atoms with E-state index in [-0.39, 0.29) is 31.9 Å². The molecule has 2 bridgehead atoms. The largest absolute Gasteiger partial charge is 0.509 e. The fraction of sp³-hybridized carbons (Fsp3) is 0.250. The summed E-state index contributed by atoms with van der Waals surface area (Å²) in [4.78, 5) is 4.81. The Morgan fingerprint density at radius 2 is 1.48 bits per heavy atom. The molecule has 2 atom stereocenters. The molecule has 4 aromatic carbocycles. The number of pyridine rings is 1. The zero-order valence-electron chi connectivity index (χ0n) is 27.5. The predicted octanol–water partition coefficient (Wildman–Crippen LogP) is 9.84. The maximum Gasteiger partial charge on any atom is 0.179 e. The van der Waals surface area contributed by atoms with Gasteiger partial charge < -0.3 is 18.3 Å². The van der Waals surface area contributed by atoms with Crippen LogP contribution in [0.5, 0.6) is 11.5 Å². The molecule has 6 heteroatoms. The first-order chi connectivity index (χ1) is 21.4. The molecule has 3 aliphatic rings. The molecule has 0 saturated carbocycles. The SMILES string of the molecule is CC(C)(C)c1ccnc(-n2c3[c-]c(Oc4[c-]c([N@@+]56[CH-][N@@+](C)(C5)c5ccc(C(C)(C)C)cc56)ccc4)ccc3c3ccccc32)c1.[Pt]. The first kappa shape index (κ1) is 30.9. The summed E-state index contributed by atoms with van der Waals surface area (Å²) in [5.41, 5.74) is 8.50. The van der Waals surface area contributed by atoms with Crippen LogP contribution in [0.1, 0.15) is 52.7 Å². The molecule has 0 N–H and O–H groups in total. The summed E-state index contributed by atoms with van der Waals surface area (Å²) in [6, 6.07) is 37.4. The van der Waals surface area contributed by atoms with Crippen LogP contribution in [0.4, 0.5) is 17.1 Å². The normalized spacial score (nSPS) is 20.3. The van der Waals surface area contributed by atoms with Crippen molar-refractivity contribution in [3.05, 3.63) is 121 Å². The van der Waals surface area contributed by atoms with Gasteiger partial charge in [-0.05, 0) is 45.5 Å². The number of fused-ring (bicyclic) bond motifs is 3. The molecule has 6 aromatic rings. The van der Waals surface area contributed by atoms with E-state index < -0.39 is 0 Å². The van der Waals surface area contributed by atoms with Crippen molar-refractivity contribution in [3.8, 4) is 17.3 Å². The first-order valence-electron chi connectivity index (χ1n) is 15.7. The molecule has 5 heterocycles. The summed E-state index contributed by atoms with van der Waals surface area (Å²) < 4.78 is 10.2. The summed E-state index contributed by atoms with van der Waals surface area (Å²) in [5.74, 6) is 2.21. The van der Waals surface area contributed by atoms with Crippen molar-refractivity contribution in [2.75, 3.05) is 13.7 Å². The van der Waals surface area contributed by atoms with Gasteiger partial charge in [0.15, 0.2) is 18.0 Å². The third-order valence-electron chi connectivity index (χ3n) is 9.59. The Hall–Kier alpha value is -3.76.